The van der Waals surface area contributed by atoms with E-state index in [-0.39, 0.29) is 43.0 Å². The van der Waals surface area contributed by atoms with Crippen LogP contribution in [0.5, 0.6) is 0 Å². The van der Waals surface area contributed by atoms with Crippen LogP contribution in [0.3, 0.4) is 0 Å². The fraction of sp³-hybridized carbons (Fsp3) is 0.269. The van der Waals surface area contributed by atoms with Gasteiger partial charge >= 0.3 is 0 Å². The van der Waals surface area contributed by atoms with Crippen LogP contribution in [0.4, 0.5) is 0 Å². The number of piperazine rings is 1. The summed E-state index contributed by atoms with van der Waals surface area (Å²) in [6, 6.07) is 19.6. The summed E-state index contributed by atoms with van der Waals surface area (Å²) in [6.45, 7) is 2.49. The Morgan fingerprint density at radius 3 is 2.47 bits per heavy atom. The zero-order valence-corrected chi connectivity index (χ0v) is 17.9. The highest BCUT2D eigenvalue weighted by molar-refractivity contribution is 5.97. The number of pyridine rings is 1. The second kappa shape index (κ2) is 8.20. The van der Waals surface area contributed by atoms with Gasteiger partial charge in [-0.05, 0) is 41.3 Å². The van der Waals surface area contributed by atoms with Crippen LogP contribution in [0.25, 0.3) is 11.1 Å². The van der Waals surface area contributed by atoms with Crippen molar-refractivity contribution < 1.29 is 14.7 Å². The molecule has 1 aromatic heterocycles. The summed E-state index contributed by atoms with van der Waals surface area (Å²) >= 11 is 0. The Hall–Kier alpha value is -3.51. The predicted octanol–water partition coefficient (Wildman–Crippen LogP) is 2.87. The van der Waals surface area contributed by atoms with E-state index < -0.39 is 0 Å². The first-order chi connectivity index (χ1) is 15.6. The number of rotatable bonds is 4. The van der Waals surface area contributed by atoms with Crippen molar-refractivity contribution in [2.75, 3.05) is 19.7 Å². The molecule has 2 amide bonds. The third kappa shape index (κ3) is 3.37. The second-order valence-electron chi connectivity index (χ2n) is 8.50. The van der Waals surface area contributed by atoms with Gasteiger partial charge in [0.15, 0.2) is 0 Å². The maximum absolute atomic E-state index is 12.9. The molecule has 1 N–H and O–H groups in total. The van der Waals surface area contributed by atoms with Gasteiger partial charge in [-0.15, -0.1) is 0 Å². The molecule has 0 saturated carbocycles. The number of hydrogen-bond acceptors (Lipinski definition) is 4. The van der Waals surface area contributed by atoms with Gasteiger partial charge in [0.1, 0.15) is 6.54 Å². The van der Waals surface area contributed by atoms with Crippen LogP contribution in [-0.2, 0) is 4.79 Å². The quantitative estimate of drug-likeness (QED) is 0.695. The van der Waals surface area contributed by atoms with E-state index in [2.05, 4.69) is 48.3 Å². The normalized spacial score (nSPS) is 22.3. The third-order valence-corrected chi connectivity index (χ3v) is 6.72. The number of hydrogen-bond donors (Lipinski definition) is 1. The van der Waals surface area contributed by atoms with Crippen molar-refractivity contribution in [3.63, 3.8) is 0 Å². The number of aliphatic hydroxyl groups is 1. The number of amides is 2. The summed E-state index contributed by atoms with van der Waals surface area (Å²) in [7, 11) is 0. The van der Waals surface area contributed by atoms with Gasteiger partial charge in [0.2, 0.25) is 5.91 Å². The summed E-state index contributed by atoms with van der Waals surface area (Å²) in [5.41, 5.74) is 5.14. The number of aromatic nitrogens is 1. The van der Waals surface area contributed by atoms with E-state index in [0.29, 0.717) is 12.1 Å². The highest BCUT2D eigenvalue weighted by Gasteiger charge is 2.54. The highest BCUT2D eigenvalue weighted by atomic mass is 16.3. The molecular formula is C26H25N3O3. The van der Waals surface area contributed by atoms with Crippen LogP contribution in [0.15, 0.2) is 73.1 Å². The number of aliphatic hydroxyl groups excluding tert-OH is 1. The van der Waals surface area contributed by atoms with E-state index >= 15 is 0 Å². The average Bonchev–Trinajstić information content (AvgIpc) is 2.81. The Labute approximate surface area is 187 Å². The molecule has 5 rings (SSSR count). The van der Waals surface area contributed by atoms with Crippen LogP contribution >= 0.6 is 0 Å². The summed E-state index contributed by atoms with van der Waals surface area (Å²) in [5, 5.41) is 10.0. The number of benzene rings is 2. The van der Waals surface area contributed by atoms with Crippen LogP contribution < -0.4 is 0 Å². The van der Waals surface area contributed by atoms with Gasteiger partial charge < -0.3 is 14.9 Å². The molecule has 0 bridgehead atoms. The highest BCUT2D eigenvalue weighted by Crippen LogP contribution is 2.43. The molecule has 2 aliphatic rings. The van der Waals surface area contributed by atoms with E-state index in [0.717, 1.165) is 11.1 Å². The molecular weight excluding hydrogens is 402 g/mol. The topological polar surface area (TPSA) is 73.7 Å². The van der Waals surface area contributed by atoms with E-state index in [4.69, 9.17) is 0 Å². The molecule has 3 heterocycles. The molecule has 6 nitrogen and oxygen atoms in total. The van der Waals surface area contributed by atoms with E-state index in [1.54, 1.807) is 34.3 Å². The summed E-state index contributed by atoms with van der Waals surface area (Å²) < 4.78 is 0. The van der Waals surface area contributed by atoms with E-state index in [1.807, 2.05) is 12.1 Å². The Morgan fingerprint density at radius 2 is 1.78 bits per heavy atom. The lowest BCUT2D eigenvalue weighted by atomic mass is 9.73. The Morgan fingerprint density at radius 1 is 1.06 bits per heavy atom. The van der Waals surface area contributed by atoms with Crippen molar-refractivity contribution >= 4 is 11.8 Å². The molecule has 6 heteroatoms. The first-order valence-corrected chi connectivity index (χ1v) is 10.9. The monoisotopic (exact) mass is 427 g/mol. The Kier molecular flexibility index (Phi) is 5.23. The van der Waals surface area contributed by atoms with Crippen molar-refractivity contribution in [2.24, 2.45) is 0 Å². The minimum Gasteiger partial charge on any atom is -0.394 e. The van der Waals surface area contributed by atoms with Gasteiger partial charge in [0.25, 0.3) is 5.91 Å². The molecule has 3 aromatic rings. The lowest BCUT2D eigenvalue weighted by Crippen LogP contribution is -2.73. The fourth-order valence-electron chi connectivity index (χ4n) is 5.11. The zero-order chi connectivity index (χ0) is 22.2. The number of fused-ring (bicyclic) bond motifs is 1. The SMILES string of the molecule is Cc1ccccc1-c1ccc([C@H]2[C@@H](CO)N3C(=O)CN(C(=O)c4ccncc4)C[C@H]23)cc1. The van der Waals surface area contributed by atoms with Gasteiger partial charge in [-0.25, -0.2) is 0 Å². The Balaban J connectivity index is 1.40. The molecule has 3 atom stereocenters. The molecule has 0 aliphatic carbocycles. The van der Waals surface area contributed by atoms with E-state index in [1.165, 1.54) is 11.1 Å². The van der Waals surface area contributed by atoms with Gasteiger partial charge in [0, 0.05) is 30.4 Å². The fourth-order valence-corrected chi connectivity index (χ4v) is 5.11. The van der Waals surface area contributed by atoms with Crippen LogP contribution in [0.2, 0.25) is 0 Å². The molecule has 162 valence electrons. The standard InChI is InChI=1S/C26H25N3O3/c1-17-4-2-3-5-21(17)18-6-8-19(9-7-18)25-22-14-28(15-24(31)29(22)23(25)16-30)26(32)20-10-12-27-13-11-20/h2-13,22-23,25,30H,14-16H2,1H3/t22-,23-,25-/m1/s1. The smallest absolute Gasteiger partial charge is 0.254 e. The second-order valence-corrected chi connectivity index (χ2v) is 8.50. The molecule has 0 radical (unpaired) electrons. The van der Waals surface area contributed by atoms with Crippen molar-refractivity contribution in [1.82, 2.24) is 14.8 Å². The first-order valence-electron chi connectivity index (χ1n) is 10.9. The van der Waals surface area contributed by atoms with Crippen molar-refractivity contribution in [3.8, 4) is 11.1 Å². The van der Waals surface area contributed by atoms with Gasteiger partial charge in [0.05, 0.1) is 18.7 Å². The number of carbonyl (C=O) groups is 2. The van der Waals surface area contributed by atoms with Crippen LogP contribution in [0, 0.1) is 6.92 Å². The molecule has 0 spiro atoms. The minimum atomic E-state index is -0.255. The zero-order valence-electron chi connectivity index (χ0n) is 17.9. The maximum Gasteiger partial charge on any atom is 0.254 e. The maximum atomic E-state index is 12.9. The molecule has 2 fully saturated rings. The molecule has 0 unspecified atom stereocenters. The largest absolute Gasteiger partial charge is 0.394 e. The number of nitrogens with zero attached hydrogens (tertiary/aromatic N) is 3. The third-order valence-electron chi connectivity index (χ3n) is 6.72. The van der Waals surface area contributed by atoms with Gasteiger partial charge in [-0.1, -0.05) is 48.5 Å². The first kappa shape index (κ1) is 20.4. The summed E-state index contributed by atoms with van der Waals surface area (Å²) in [4.78, 5) is 33.1. The van der Waals surface area contributed by atoms with Crippen LogP contribution in [-0.4, -0.2) is 63.5 Å². The average molecular weight is 428 g/mol. The molecule has 2 aliphatic heterocycles. The Bertz CT molecular complexity index is 1150. The number of carbonyl (C=O) groups excluding carboxylic acids is 2. The predicted molar refractivity (Wildman–Crippen MR) is 121 cm³/mol. The van der Waals surface area contributed by atoms with Gasteiger partial charge in [-0.3, -0.25) is 14.6 Å². The molecule has 2 aromatic carbocycles. The van der Waals surface area contributed by atoms with E-state index in [9.17, 15) is 14.7 Å². The van der Waals surface area contributed by atoms with Crippen LogP contribution in [0.1, 0.15) is 27.4 Å². The molecule has 32 heavy (non-hydrogen) atoms. The van der Waals surface area contributed by atoms with Gasteiger partial charge in [-0.2, -0.15) is 0 Å². The lowest BCUT2D eigenvalue weighted by molar-refractivity contribution is -0.159. The number of aryl methyl sites for hydroxylation is 1. The van der Waals surface area contributed by atoms with Crippen molar-refractivity contribution in [1.29, 1.82) is 0 Å². The summed E-state index contributed by atoms with van der Waals surface area (Å²) in [6.07, 6.45) is 3.16. The lowest BCUT2D eigenvalue weighted by Gasteiger charge is -2.58. The van der Waals surface area contributed by atoms with Crippen molar-refractivity contribution in [3.05, 3.63) is 89.7 Å². The summed E-state index contributed by atoms with van der Waals surface area (Å²) in [5.74, 6) is -0.292. The molecule has 2 saturated heterocycles. The van der Waals surface area contributed by atoms with Crippen molar-refractivity contribution in [2.45, 2.75) is 24.9 Å². The minimum absolute atomic E-state index is 0.0112.